The number of thioether (sulfide) groups is 1. The molecule has 0 aliphatic rings. The molecule has 0 N–H and O–H groups in total. The number of nitrogens with zero attached hydrogens (tertiary/aromatic N) is 3. The van der Waals surface area contributed by atoms with Crippen molar-refractivity contribution in [1.82, 2.24) is 10.2 Å². The average Bonchev–Trinajstić information content (AvgIpc) is 3.23. The predicted octanol–water partition coefficient (Wildman–Crippen LogP) is 5.94. The maximum atomic E-state index is 12.8. The van der Waals surface area contributed by atoms with Crippen LogP contribution in [0.1, 0.15) is 36.4 Å². The molecule has 2 aromatic carbocycles. The third kappa shape index (κ3) is 5.81. The van der Waals surface area contributed by atoms with Gasteiger partial charge in [0.1, 0.15) is 10.4 Å². The fourth-order valence-electron chi connectivity index (χ4n) is 2.93. The molecule has 29 heavy (non-hydrogen) atoms. The Morgan fingerprint density at radius 2 is 1.76 bits per heavy atom. The van der Waals surface area contributed by atoms with Crippen LogP contribution in [0.4, 0.5) is 5.69 Å². The van der Waals surface area contributed by atoms with Gasteiger partial charge in [0.2, 0.25) is 5.91 Å². The molecule has 1 atom stereocenters. The van der Waals surface area contributed by atoms with E-state index >= 15 is 0 Å². The van der Waals surface area contributed by atoms with Gasteiger partial charge < -0.3 is 4.90 Å². The van der Waals surface area contributed by atoms with E-state index in [0.717, 1.165) is 27.2 Å². The fraction of sp³-hybridized carbons (Fsp3) is 0.318. The summed E-state index contributed by atoms with van der Waals surface area (Å²) in [7, 11) is 0. The lowest BCUT2D eigenvalue weighted by molar-refractivity contribution is -0.118. The lowest BCUT2D eigenvalue weighted by Crippen LogP contribution is -2.36. The van der Waals surface area contributed by atoms with Crippen molar-refractivity contribution in [1.29, 1.82) is 0 Å². The number of amides is 1. The first-order chi connectivity index (χ1) is 14.1. The first-order valence-corrected chi connectivity index (χ1v) is 11.9. The minimum absolute atomic E-state index is 0.110. The molecule has 1 aromatic heterocycles. The van der Waals surface area contributed by atoms with E-state index in [1.807, 2.05) is 37.3 Å². The molecule has 4 nitrogen and oxygen atoms in total. The molecule has 1 amide bonds. The van der Waals surface area contributed by atoms with Crippen LogP contribution in [-0.2, 0) is 23.5 Å². The molecule has 1 unspecified atom stereocenters. The molecule has 0 spiro atoms. The third-order valence-corrected chi connectivity index (χ3v) is 7.14. The van der Waals surface area contributed by atoms with Gasteiger partial charge in [0.15, 0.2) is 4.34 Å². The Morgan fingerprint density at radius 1 is 1.07 bits per heavy atom. The summed E-state index contributed by atoms with van der Waals surface area (Å²) in [5, 5.41) is 8.88. The SMILES string of the molecule is CCc1ccccc1CSc1nnc(CN(C(=O)C(Cl)CC)c2ccccc2)s1. The first-order valence-electron chi connectivity index (χ1n) is 9.64. The summed E-state index contributed by atoms with van der Waals surface area (Å²) in [5.41, 5.74) is 3.50. The van der Waals surface area contributed by atoms with Crippen molar-refractivity contribution in [2.45, 2.75) is 48.7 Å². The molecule has 3 aromatic rings. The van der Waals surface area contributed by atoms with Crippen LogP contribution in [0, 0.1) is 0 Å². The summed E-state index contributed by atoms with van der Waals surface area (Å²) in [6.45, 7) is 4.45. The van der Waals surface area contributed by atoms with E-state index < -0.39 is 5.38 Å². The smallest absolute Gasteiger partial charge is 0.245 e. The highest BCUT2D eigenvalue weighted by atomic mass is 35.5. The van der Waals surface area contributed by atoms with Gasteiger partial charge in [0.05, 0.1) is 6.54 Å². The Labute approximate surface area is 185 Å². The lowest BCUT2D eigenvalue weighted by Gasteiger charge is -2.23. The standard InChI is InChI=1S/C22H24ClN3OS2/c1-3-16-10-8-9-11-17(16)15-28-22-25-24-20(29-22)14-26(21(27)19(23)4-2)18-12-6-5-7-13-18/h5-13,19H,3-4,14-15H2,1-2H3. The van der Waals surface area contributed by atoms with Crippen molar-refractivity contribution >= 4 is 46.3 Å². The number of hydrogen-bond donors (Lipinski definition) is 0. The number of halogens is 1. The second-order valence-electron chi connectivity index (χ2n) is 6.51. The lowest BCUT2D eigenvalue weighted by atomic mass is 10.1. The normalized spacial score (nSPS) is 12.0. The Hall–Kier alpha value is -1.89. The maximum absolute atomic E-state index is 12.8. The van der Waals surface area contributed by atoms with Gasteiger partial charge in [-0.2, -0.15) is 0 Å². The molecular weight excluding hydrogens is 422 g/mol. The molecule has 0 radical (unpaired) electrons. The van der Waals surface area contributed by atoms with Crippen molar-refractivity contribution in [3.05, 3.63) is 70.7 Å². The quantitative estimate of drug-likeness (QED) is 0.302. The topological polar surface area (TPSA) is 46.1 Å². The zero-order valence-corrected chi connectivity index (χ0v) is 18.9. The molecule has 1 heterocycles. The molecule has 0 bridgehead atoms. The van der Waals surface area contributed by atoms with Crippen LogP contribution in [0.3, 0.4) is 0 Å². The van der Waals surface area contributed by atoms with Crippen LogP contribution in [0.15, 0.2) is 58.9 Å². The van der Waals surface area contributed by atoms with Crippen LogP contribution in [0.5, 0.6) is 0 Å². The molecule has 3 rings (SSSR count). The van der Waals surface area contributed by atoms with Gasteiger partial charge in [0, 0.05) is 11.4 Å². The number of anilines is 1. The monoisotopic (exact) mass is 445 g/mol. The summed E-state index contributed by atoms with van der Waals surface area (Å²) in [6, 6.07) is 18.1. The third-order valence-electron chi connectivity index (χ3n) is 4.55. The number of carbonyl (C=O) groups is 1. The van der Waals surface area contributed by atoms with Gasteiger partial charge in [0.25, 0.3) is 0 Å². The highest BCUT2D eigenvalue weighted by molar-refractivity contribution is 8.00. The molecule has 0 aliphatic carbocycles. The van der Waals surface area contributed by atoms with Crippen LogP contribution in [0.2, 0.25) is 0 Å². The van der Waals surface area contributed by atoms with E-state index in [9.17, 15) is 4.79 Å². The van der Waals surface area contributed by atoms with E-state index in [1.54, 1.807) is 16.7 Å². The van der Waals surface area contributed by atoms with Crippen molar-refractivity contribution in [3.63, 3.8) is 0 Å². The van der Waals surface area contributed by atoms with Gasteiger partial charge >= 0.3 is 0 Å². The predicted molar refractivity (Wildman–Crippen MR) is 123 cm³/mol. The Kier molecular flexibility index (Phi) is 8.09. The van der Waals surface area contributed by atoms with Gasteiger partial charge in [-0.25, -0.2) is 0 Å². The van der Waals surface area contributed by atoms with Crippen LogP contribution in [0.25, 0.3) is 0 Å². The van der Waals surface area contributed by atoms with Gasteiger partial charge in [-0.05, 0) is 36.1 Å². The number of hydrogen-bond acceptors (Lipinski definition) is 5. The maximum Gasteiger partial charge on any atom is 0.245 e. The molecule has 7 heteroatoms. The summed E-state index contributed by atoms with van der Waals surface area (Å²) in [6.07, 6.45) is 1.60. The molecule has 152 valence electrons. The molecule has 0 saturated heterocycles. The van der Waals surface area contributed by atoms with Crippen molar-refractivity contribution < 1.29 is 4.79 Å². The van der Waals surface area contributed by atoms with Crippen molar-refractivity contribution in [2.75, 3.05) is 4.90 Å². The van der Waals surface area contributed by atoms with Crippen LogP contribution >= 0.6 is 34.7 Å². The molecular formula is C22H24ClN3OS2. The second-order valence-corrected chi connectivity index (χ2v) is 9.32. The molecule has 0 fully saturated rings. The van der Waals surface area contributed by atoms with Crippen LogP contribution < -0.4 is 4.90 Å². The Bertz CT molecular complexity index is 933. The molecule has 0 aliphatic heterocycles. The van der Waals surface area contributed by atoms with E-state index in [2.05, 4.69) is 41.4 Å². The van der Waals surface area contributed by atoms with Crippen molar-refractivity contribution in [3.8, 4) is 0 Å². The number of aryl methyl sites for hydroxylation is 1. The summed E-state index contributed by atoms with van der Waals surface area (Å²) >= 11 is 9.46. The highest BCUT2D eigenvalue weighted by Crippen LogP contribution is 2.29. The number of aromatic nitrogens is 2. The summed E-state index contributed by atoms with van der Waals surface area (Å²) < 4.78 is 0.907. The zero-order chi connectivity index (χ0) is 20.6. The van der Waals surface area contributed by atoms with Gasteiger partial charge in [-0.3, -0.25) is 4.79 Å². The number of alkyl halides is 1. The average molecular weight is 446 g/mol. The van der Waals surface area contributed by atoms with E-state index in [4.69, 9.17) is 11.6 Å². The Balaban J connectivity index is 1.71. The van der Waals surface area contributed by atoms with E-state index in [-0.39, 0.29) is 5.91 Å². The Morgan fingerprint density at radius 3 is 2.45 bits per heavy atom. The van der Waals surface area contributed by atoms with Crippen molar-refractivity contribution in [2.24, 2.45) is 0 Å². The number of benzene rings is 2. The number of rotatable bonds is 9. The zero-order valence-electron chi connectivity index (χ0n) is 16.5. The molecule has 0 saturated carbocycles. The summed E-state index contributed by atoms with van der Waals surface area (Å²) in [5.74, 6) is 0.751. The second kappa shape index (κ2) is 10.8. The fourth-order valence-corrected chi connectivity index (χ4v) is 4.96. The minimum Gasteiger partial charge on any atom is -0.304 e. The number of para-hydroxylation sites is 1. The van der Waals surface area contributed by atoms with Crippen LogP contribution in [-0.4, -0.2) is 21.5 Å². The van der Waals surface area contributed by atoms with E-state index in [1.165, 1.54) is 22.5 Å². The number of carbonyl (C=O) groups excluding carboxylic acids is 1. The largest absolute Gasteiger partial charge is 0.304 e. The minimum atomic E-state index is -0.553. The van der Waals surface area contributed by atoms with E-state index in [0.29, 0.717) is 13.0 Å². The summed E-state index contributed by atoms with van der Waals surface area (Å²) in [4.78, 5) is 14.5. The van der Waals surface area contributed by atoms with Gasteiger partial charge in [-0.1, -0.05) is 79.4 Å². The van der Waals surface area contributed by atoms with Gasteiger partial charge in [-0.15, -0.1) is 21.8 Å². The first kappa shape index (κ1) is 21.8. The highest BCUT2D eigenvalue weighted by Gasteiger charge is 2.24.